The highest BCUT2D eigenvalue weighted by Gasteiger charge is 2.28. The fourth-order valence-electron chi connectivity index (χ4n) is 3.58. The number of carbonyl (C=O) groups is 2. The van der Waals surface area contributed by atoms with Gasteiger partial charge < -0.3 is 5.32 Å². The van der Waals surface area contributed by atoms with Gasteiger partial charge in [-0.05, 0) is 43.7 Å². The van der Waals surface area contributed by atoms with E-state index < -0.39 is 15.9 Å². The number of amides is 1. The number of benzene rings is 3. The molecule has 7 heteroatoms. The Hall–Kier alpha value is -3.45. The quantitative estimate of drug-likeness (QED) is 0.615. The Kier molecular flexibility index (Phi) is 5.61. The molecule has 3 aromatic carbocycles. The van der Waals surface area contributed by atoms with Gasteiger partial charge in [0.2, 0.25) is 10.0 Å². The second-order valence-electron chi connectivity index (χ2n) is 7.48. The van der Waals surface area contributed by atoms with Gasteiger partial charge in [0.05, 0.1) is 17.0 Å². The van der Waals surface area contributed by atoms with Gasteiger partial charge in [-0.3, -0.25) is 13.9 Å². The first-order chi connectivity index (χ1) is 14.8. The number of nitrogens with zero attached hydrogens (tertiary/aromatic N) is 1. The van der Waals surface area contributed by atoms with E-state index in [1.807, 2.05) is 19.1 Å². The number of aryl methyl sites for hydroxylation is 1. The minimum Gasteiger partial charge on any atom is -0.322 e. The summed E-state index contributed by atoms with van der Waals surface area (Å²) in [4.78, 5) is 25.8. The summed E-state index contributed by atoms with van der Waals surface area (Å²) in [6.07, 6.45) is 0.604. The summed E-state index contributed by atoms with van der Waals surface area (Å²) in [6.45, 7) is 2.41. The second kappa shape index (κ2) is 8.35. The van der Waals surface area contributed by atoms with Crippen molar-refractivity contribution >= 4 is 33.1 Å². The molecule has 0 aliphatic carbocycles. The third-order valence-electron chi connectivity index (χ3n) is 5.24. The number of nitrogens with one attached hydrogen (secondary N) is 1. The van der Waals surface area contributed by atoms with Gasteiger partial charge in [0.1, 0.15) is 0 Å². The fourth-order valence-corrected chi connectivity index (χ4v) is 5.14. The summed E-state index contributed by atoms with van der Waals surface area (Å²) in [6, 6.07) is 20.6. The summed E-state index contributed by atoms with van der Waals surface area (Å²) in [5.41, 5.74) is 3.26. The van der Waals surface area contributed by atoms with Crippen LogP contribution in [0.15, 0.2) is 72.8 Å². The number of hydrogen-bond acceptors (Lipinski definition) is 4. The van der Waals surface area contributed by atoms with E-state index in [4.69, 9.17) is 0 Å². The normalized spacial score (nSPS) is 14.9. The van der Waals surface area contributed by atoms with Gasteiger partial charge >= 0.3 is 0 Å². The summed E-state index contributed by atoms with van der Waals surface area (Å²) in [5.74, 6) is -0.477. The van der Waals surface area contributed by atoms with Crippen LogP contribution in [0.2, 0.25) is 0 Å². The zero-order chi connectivity index (χ0) is 22.0. The van der Waals surface area contributed by atoms with Gasteiger partial charge in [-0.15, -0.1) is 0 Å². The molecule has 0 spiro atoms. The van der Waals surface area contributed by atoms with E-state index in [9.17, 15) is 18.0 Å². The van der Waals surface area contributed by atoms with Crippen molar-refractivity contribution in [3.63, 3.8) is 0 Å². The maximum Gasteiger partial charge on any atom is 0.256 e. The number of anilines is 2. The average molecular weight is 435 g/mol. The standard InChI is InChI=1S/C24H22N2O4S/c1-17-7-9-18(10-8-17)23(27)21-5-2-3-6-22(21)24(28)25-19-11-13-20(14-12-19)26-15-4-16-31(26,29)30/h2-3,5-14H,4,15-16H2,1H3,(H,25,28). The monoisotopic (exact) mass is 434 g/mol. The fraction of sp³-hybridized carbons (Fsp3) is 0.167. The third-order valence-corrected chi connectivity index (χ3v) is 7.11. The van der Waals surface area contributed by atoms with Crippen LogP contribution in [0.4, 0.5) is 11.4 Å². The summed E-state index contributed by atoms with van der Waals surface area (Å²) in [7, 11) is -3.25. The molecule has 0 bridgehead atoms. The predicted molar refractivity (Wildman–Crippen MR) is 121 cm³/mol. The molecular weight excluding hydrogens is 412 g/mol. The topological polar surface area (TPSA) is 83.6 Å². The molecule has 1 aliphatic rings. The van der Waals surface area contributed by atoms with E-state index >= 15 is 0 Å². The second-order valence-corrected chi connectivity index (χ2v) is 9.50. The molecule has 1 saturated heterocycles. The lowest BCUT2D eigenvalue weighted by molar-refractivity contribution is 0.0996. The first-order valence-electron chi connectivity index (χ1n) is 9.97. The van der Waals surface area contributed by atoms with Gasteiger partial charge in [0.25, 0.3) is 5.91 Å². The Morgan fingerprint density at radius 1 is 0.871 bits per heavy atom. The first kappa shape index (κ1) is 20.8. The molecule has 0 saturated carbocycles. The van der Waals surface area contributed by atoms with Crippen molar-refractivity contribution in [3.8, 4) is 0 Å². The van der Waals surface area contributed by atoms with E-state index in [0.717, 1.165) is 5.56 Å². The lowest BCUT2D eigenvalue weighted by Gasteiger charge is -2.17. The van der Waals surface area contributed by atoms with E-state index in [1.54, 1.807) is 60.7 Å². The zero-order valence-corrected chi connectivity index (χ0v) is 17.9. The van der Waals surface area contributed by atoms with Gasteiger partial charge in [-0.25, -0.2) is 8.42 Å². The number of hydrogen-bond donors (Lipinski definition) is 1. The molecule has 1 amide bonds. The molecule has 0 unspecified atom stereocenters. The lowest BCUT2D eigenvalue weighted by atomic mass is 9.97. The van der Waals surface area contributed by atoms with Crippen molar-refractivity contribution in [2.75, 3.05) is 21.9 Å². The smallest absolute Gasteiger partial charge is 0.256 e. The highest BCUT2D eigenvalue weighted by atomic mass is 32.2. The van der Waals surface area contributed by atoms with Crippen LogP contribution in [0, 0.1) is 6.92 Å². The Bertz CT molecular complexity index is 1230. The highest BCUT2D eigenvalue weighted by molar-refractivity contribution is 7.93. The molecule has 0 atom stereocenters. The maximum atomic E-state index is 12.9. The molecule has 1 heterocycles. The van der Waals surface area contributed by atoms with E-state index in [-0.39, 0.29) is 17.1 Å². The summed E-state index contributed by atoms with van der Waals surface area (Å²) < 4.78 is 25.5. The van der Waals surface area contributed by atoms with Crippen molar-refractivity contribution in [3.05, 3.63) is 95.1 Å². The molecule has 1 N–H and O–H groups in total. The van der Waals surface area contributed by atoms with Crippen LogP contribution in [0.3, 0.4) is 0 Å². The molecule has 3 aromatic rings. The number of rotatable bonds is 5. The largest absolute Gasteiger partial charge is 0.322 e. The van der Waals surface area contributed by atoms with Crippen molar-refractivity contribution in [1.82, 2.24) is 0 Å². The number of carbonyl (C=O) groups excluding carboxylic acids is 2. The average Bonchev–Trinajstić information content (AvgIpc) is 3.13. The SMILES string of the molecule is Cc1ccc(C(=O)c2ccccc2C(=O)Nc2ccc(N3CCCS3(=O)=O)cc2)cc1. The van der Waals surface area contributed by atoms with Gasteiger partial charge in [-0.1, -0.05) is 48.0 Å². The molecule has 1 fully saturated rings. The Labute approximate surface area is 181 Å². The first-order valence-corrected chi connectivity index (χ1v) is 11.6. The highest BCUT2D eigenvalue weighted by Crippen LogP contribution is 2.26. The van der Waals surface area contributed by atoms with E-state index in [1.165, 1.54) is 4.31 Å². The number of ketones is 1. The van der Waals surface area contributed by atoms with Gasteiger partial charge in [0.15, 0.2) is 5.78 Å². The Morgan fingerprint density at radius 3 is 2.13 bits per heavy atom. The minimum absolute atomic E-state index is 0.150. The molecule has 1 aliphatic heterocycles. The molecule has 6 nitrogen and oxygen atoms in total. The van der Waals surface area contributed by atoms with Crippen LogP contribution in [0.25, 0.3) is 0 Å². The maximum absolute atomic E-state index is 12.9. The molecule has 4 rings (SSSR count). The van der Waals surface area contributed by atoms with Crippen LogP contribution in [-0.4, -0.2) is 32.4 Å². The van der Waals surface area contributed by atoms with E-state index in [2.05, 4.69) is 5.32 Å². The Balaban J connectivity index is 1.54. The van der Waals surface area contributed by atoms with Crippen LogP contribution in [0.5, 0.6) is 0 Å². The zero-order valence-electron chi connectivity index (χ0n) is 17.0. The molecule has 158 valence electrons. The summed E-state index contributed by atoms with van der Waals surface area (Å²) in [5, 5.41) is 2.79. The Morgan fingerprint density at radius 2 is 1.52 bits per heavy atom. The molecule has 0 radical (unpaired) electrons. The van der Waals surface area contributed by atoms with Gasteiger partial charge in [-0.2, -0.15) is 0 Å². The number of sulfonamides is 1. The molecule has 31 heavy (non-hydrogen) atoms. The molecule has 0 aromatic heterocycles. The predicted octanol–water partition coefficient (Wildman–Crippen LogP) is 4.02. The van der Waals surface area contributed by atoms with Crippen molar-refractivity contribution in [2.24, 2.45) is 0 Å². The van der Waals surface area contributed by atoms with Crippen molar-refractivity contribution in [1.29, 1.82) is 0 Å². The van der Waals surface area contributed by atoms with E-state index in [0.29, 0.717) is 35.5 Å². The van der Waals surface area contributed by atoms with Crippen LogP contribution in [-0.2, 0) is 10.0 Å². The van der Waals surface area contributed by atoms with Crippen molar-refractivity contribution in [2.45, 2.75) is 13.3 Å². The lowest BCUT2D eigenvalue weighted by Crippen LogP contribution is -2.25. The molecular formula is C24H22N2O4S. The summed E-state index contributed by atoms with van der Waals surface area (Å²) >= 11 is 0. The van der Waals surface area contributed by atoms with Crippen LogP contribution >= 0.6 is 0 Å². The third kappa shape index (κ3) is 4.36. The van der Waals surface area contributed by atoms with Crippen LogP contribution < -0.4 is 9.62 Å². The van der Waals surface area contributed by atoms with Gasteiger partial charge in [0, 0.05) is 23.4 Å². The minimum atomic E-state index is -3.25. The van der Waals surface area contributed by atoms with Crippen LogP contribution in [0.1, 0.15) is 38.3 Å². The van der Waals surface area contributed by atoms with Crippen molar-refractivity contribution < 1.29 is 18.0 Å².